The lowest BCUT2D eigenvalue weighted by molar-refractivity contribution is -0.134. The highest BCUT2D eigenvalue weighted by Gasteiger charge is 2.23. The molecule has 130 valence electrons. The van der Waals surface area contributed by atoms with Crippen LogP contribution in [0, 0.1) is 5.92 Å². The van der Waals surface area contributed by atoms with Gasteiger partial charge in [0.15, 0.2) is 0 Å². The summed E-state index contributed by atoms with van der Waals surface area (Å²) in [6.45, 7) is 5.52. The van der Waals surface area contributed by atoms with E-state index in [1.807, 2.05) is 11.0 Å². The van der Waals surface area contributed by atoms with E-state index in [2.05, 4.69) is 51.2 Å². The SMILES string of the molecule is O=C(CN1CCOCC1)N1CCC(/C=C\c2cccc(Br)c2)CC1. The van der Waals surface area contributed by atoms with Gasteiger partial charge in [0.25, 0.3) is 0 Å². The Balaban J connectivity index is 1.44. The second-order valence-corrected chi connectivity index (χ2v) is 7.44. The number of piperidine rings is 1. The van der Waals surface area contributed by atoms with Crippen LogP contribution >= 0.6 is 15.9 Å². The number of rotatable bonds is 4. The van der Waals surface area contributed by atoms with Gasteiger partial charge in [-0.1, -0.05) is 40.2 Å². The molecule has 5 heteroatoms. The summed E-state index contributed by atoms with van der Waals surface area (Å²) in [5.41, 5.74) is 1.22. The molecule has 0 radical (unpaired) electrons. The van der Waals surface area contributed by atoms with E-state index in [9.17, 15) is 4.79 Å². The third-order valence-corrected chi connectivity index (χ3v) is 5.26. The van der Waals surface area contributed by atoms with E-state index >= 15 is 0 Å². The molecule has 0 bridgehead atoms. The molecule has 0 N–H and O–H groups in total. The van der Waals surface area contributed by atoms with Crippen molar-refractivity contribution in [2.24, 2.45) is 5.92 Å². The maximum Gasteiger partial charge on any atom is 0.236 e. The molecule has 0 aromatic heterocycles. The number of halogens is 1. The Hall–Kier alpha value is -1.17. The number of nitrogens with zero attached hydrogens (tertiary/aromatic N) is 2. The van der Waals surface area contributed by atoms with Gasteiger partial charge < -0.3 is 9.64 Å². The molecule has 1 aromatic carbocycles. The predicted octanol–water partition coefficient (Wildman–Crippen LogP) is 3.03. The summed E-state index contributed by atoms with van der Waals surface area (Å²) in [7, 11) is 0. The van der Waals surface area contributed by atoms with Crippen LogP contribution in [0.1, 0.15) is 18.4 Å². The smallest absolute Gasteiger partial charge is 0.236 e. The van der Waals surface area contributed by atoms with Gasteiger partial charge >= 0.3 is 0 Å². The van der Waals surface area contributed by atoms with Crippen LogP contribution in [0.4, 0.5) is 0 Å². The van der Waals surface area contributed by atoms with Gasteiger partial charge in [-0.2, -0.15) is 0 Å². The highest BCUT2D eigenvalue weighted by molar-refractivity contribution is 9.10. The number of allylic oxidation sites excluding steroid dienone is 1. The number of carbonyl (C=O) groups is 1. The van der Waals surface area contributed by atoms with Crippen LogP contribution in [0.25, 0.3) is 6.08 Å². The monoisotopic (exact) mass is 392 g/mol. The molecule has 0 spiro atoms. The van der Waals surface area contributed by atoms with Crippen molar-refractivity contribution in [2.45, 2.75) is 12.8 Å². The van der Waals surface area contributed by atoms with E-state index in [0.717, 1.165) is 56.7 Å². The molecule has 2 saturated heterocycles. The number of morpholine rings is 1. The van der Waals surface area contributed by atoms with E-state index in [0.29, 0.717) is 12.5 Å². The number of ether oxygens (including phenoxy) is 1. The van der Waals surface area contributed by atoms with Crippen LogP contribution in [0.2, 0.25) is 0 Å². The molecule has 0 unspecified atom stereocenters. The zero-order valence-electron chi connectivity index (χ0n) is 14.0. The normalized spacial score (nSPS) is 20.6. The molecule has 3 rings (SSSR count). The number of hydrogen-bond acceptors (Lipinski definition) is 3. The molecule has 4 nitrogen and oxygen atoms in total. The van der Waals surface area contributed by atoms with Crippen molar-refractivity contribution in [3.8, 4) is 0 Å². The first-order chi connectivity index (χ1) is 11.7. The second-order valence-electron chi connectivity index (χ2n) is 6.52. The van der Waals surface area contributed by atoms with Crippen LogP contribution in [-0.2, 0) is 9.53 Å². The fraction of sp³-hybridized carbons (Fsp3) is 0.526. The standard InChI is InChI=1S/C19H25BrN2O2/c20-18-3-1-2-17(14-18)5-4-16-6-8-22(9-7-16)19(23)15-21-10-12-24-13-11-21/h1-5,14,16H,6-13,15H2/b5-4-. The number of amides is 1. The van der Waals surface area contributed by atoms with Gasteiger partial charge in [-0.3, -0.25) is 9.69 Å². The van der Waals surface area contributed by atoms with E-state index in [1.54, 1.807) is 0 Å². The summed E-state index contributed by atoms with van der Waals surface area (Å²) < 4.78 is 6.44. The summed E-state index contributed by atoms with van der Waals surface area (Å²) in [4.78, 5) is 16.6. The van der Waals surface area contributed by atoms with Crippen LogP contribution in [0.3, 0.4) is 0 Å². The van der Waals surface area contributed by atoms with Crippen LogP contribution in [0.5, 0.6) is 0 Å². The van der Waals surface area contributed by atoms with Crippen molar-refractivity contribution >= 4 is 27.9 Å². The number of likely N-dealkylation sites (tertiary alicyclic amines) is 1. The summed E-state index contributed by atoms with van der Waals surface area (Å²) in [5.74, 6) is 0.836. The lowest BCUT2D eigenvalue weighted by Crippen LogP contribution is -2.46. The number of hydrogen-bond donors (Lipinski definition) is 0. The van der Waals surface area contributed by atoms with Crippen molar-refractivity contribution in [1.29, 1.82) is 0 Å². The van der Waals surface area contributed by atoms with Gasteiger partial charge in [-0.15, -0.1) is 0 Å². The summed E-state index contributed by atoms with van der Waals surface area (Å²) in [6.07, 6.45) is 6.60. The number of carbonyl (C=O) groups excluding carboxylic acids is 1. The quantitative estimate of drug-likeness (QED) is 0.789. The third-order valence-electron chi connectivity index (χ3n) is 4.76. The highest BCUT2D eigenvalue weighted by Crippen LogP contribution is 2.21. The van der Waals surface area contributed by atoms with Crippen molar-refractivity contribution in [3.63, 3.8) is 0 Å². The van der Waals surface area contributed by atoms with Gasteiger partial charge in [0.1, 0.15) is 0 Å². The molecule has 0 saturated carbocycles. The molecule has 0 atom stereocenters. The minimum absolute atomic E-state index is 0.270. The Morgan fingerprint density at radius 1 is 1.21 bits per heavy atom. The Morgan fingerprint density at radius 3 is 2.67 bits per heavy atom. The van der Waals surface area contributed by atoms with Gasteiger partial charge in [0.2, 0.25) is 5.91 Å². The Labute approximate surface area is 152 Å². The number of benzene rings is 1. The third kappa shape index (κ3) is 5.16. The van der Waals surface area contributed by atoms with Gasteiger partial charge in [-0.05, 0) is 36.5 Å². The molecule has 2 heterocycles. The van der Waals surface area contributed by atoms with Gasteiger partial charge in [0.05, 0.1) is 19.8 Å². The zero-order valence-corrected chi connectivity index (χ0v) is 15.6. The maximum absolute atomic E-state index is 12.4. The van der Waals surface area contributed by atoms with Crippen molar-refractivity contribution < 1.29 is 9.53 Å². The van der Waals surface area contributed by atoms with Crippen molar-refractivity contribution in [3.05, 3.63) is 40.4 Å². The zero-order chi connectivity index (χ0) is 16.8. The molecular weight excluding hydrogens is 368 g/mol. The summed E-state index contributed by atoms with van der Waals surface area (Å²) >= 11 is 3.50. The first-order valence-electron chi connectivity index (χ1n) is 8.72. The van der Waals surface area contributed by atoms with E-state index in [1.165, 1.54) is 5.56 Å². The summed E-state index contributed by atoms with van der Waals surface area (Å²) in [5, 5.41) is 0. The Bertz CT molecular complexity index is 576. The fourth-order valence-corrected chi connectivity index (χ4v) is 3.67. The average molecular weight is 393 g/mol. The van der Waals surface area contributed by atoms with E-state index in [4.69, 9.17) is 4.74 Å². The molecule has 0 aliphatic carbocycles. The Kier molecular flexibility index (Phi) is 6.46. The minimum atomic E-state index is 0.270. The Morgan fingerprint density at radius 2 is 1.96 bits per heavy atom. The van der Waals surface area contributed by atoms with Crippen LogP contribution in [0.15, 0.2) is 34.8 Å². The maximum atomic E-state index is 12.4. The van der Waals surface area contributed by atoms with Crippen molar-refractivity contribution in [2.75, 3.05) is 45.9 Å². The molecule has 24 heavy (non-hydrogen) atoms. The first-order valence-corrected chi connectivity index (χ1v) is 9.51. The fourth-order valence-electron chi connectivity index (χ4n) is 3.25. The largest absolute Gasteiger partial charge is 0.379 e. The average Bonchev–Trinajstić information content (AvgIpc) is 2.61. The lowest BCUT2D eigenvalue weighted by Gasteiger charge is -2.33. The molecular formula is C19H25BrN2O2. The van der Waals surface area contributed by atoms with Gasteiger partial charge in [0, 0.05) is 30.7 Å². The second kappa shape index (κ2) is 8.79. The van der Waals surface area contributed by atoms with Crippen LogP contribution < -0.4 is 0 Å². The van der Waals surface area contributed by atoms with E-state index < -0.39 is 0 Å². The molecule has 2 fully saturated rings. The highest BCUT2D eigenvalue weighted by atomic mass is 79.9. The first kappa shape index (κ1) is 17.6. The van der Waals surface area contributed by atoms with E-state index in [-0.39, 0.29) is 5.91 Å². The van der Waals surface area contributed by atoms with Gasteiger partial charge in [-0.25, -0.2) is 0 Å². The molecule has 1 aromatic rings. The predicted molar refractivity (Wildman–Crippen MR) is 99.7 cm³/mol. The van der Waals surface area contributed by atoms with Crippen molar-refractivity contribution in [1.82, 2.24) is 9.80 Å². The molecule has 2 aliphatic heterocycles. The molecule has 1 amide bonds. The topological polar surface area (TPSA) is 32.8 Å². The minimum Gasteiger partial charge on any atom is -0.379 e. The van der Waals surface area contributed by atoms with Crippen LogP contribution in [-0.4, -0.2) is 61.6 Å². The lowest BCUT2D eigenvalue weighted by atomic mass is 9.95. The molecule has 2 aliphatic rings. The summed E-state index contributed by atoms with van der Waals surface area (Å²) in [6, 6.07) is 8.33.